The fraction of sp³-hybridized carbons (Fsp3) is 0.364. The predicted octanol–water partition coefficient (Wildman–Crippen LogP) is 3.35. The number of nitriles is 1. The first-order valence-corrected chi connectivity index (χ1v) is 4.97. The van der Waals surface area contributed by atoms with Crippen LogP contribution in [0.1, 0.15) is 19.8 Å². The van der Waals surface area contributed by atoms with Crippen LogP contribution in [0.3, 0.4) is 0 Å². The second-order valence-electron chi connectivity index (χ2n) is 3.45. The van der Waals surface area contributed by atoms with Crippen LogP contribution in [-0.4, -0.2) is 6.04 Å². The van der Waals surface area contributed by atoms with Crippen molar-refractivity contribution < 1.29 is 17.6 Å². The van der Waals surface area contributed by atoms with Gasteiger partial charge in [0.1, 0.15) is 5.69 Å². The average Bonchev–Trinajstić information content (AvgIpc) is 2.30. The van der Waals surface area contributed by atoms with Crippen LogP contribution < -0.4 is 5.32 Å². The molecular weight excluding hydrogens is 236 g/mol. The maximum Gasteiger partial charge on any atom is 0.185 e. The third-order valence-electron chi connectivity index (χ3n) is 2.29. The van der Waals surface area contributed by atoms with E-state index in [-0.39, 0.29) is 12.5 Å². The Hall–Kier alpha value is -1.77. The Balaban J connectivity index is 3.09. The maximum absolute atomic E-state index is 13.3. The highest BCUT2D eigenvalue weighted by atomic mass is 19.2. The molecule has 0 amide bonds. The molecule has 0 saturated heterocycles. The van der Waals surface area contributed by atoms with Crippen molar-refractivity contribution in [1.82, 2.24) is 0 Å². The first kappa shape index (κ1) is 13.3. The molecule has 6 heteroatoms. The average molecular weight is 246 g/mol. The summed E-state index contributed by atoms with van der Waals surface area (Å²) in [6.07, 6.45) is 0.373. The summed E-state index contributed by atoms with van der Waals surface area (Å²) in [5, 5.41) is 10.8. The van der Waals surface area contributed by atoms with E-state index >= 15 is 0 Å². The maximum atomic E-state index is 13.3. The number of nitrogens with zero attached hydrogens (tertiary/aromatic N) is 1. The summed E-state index contributed by atoms with van der Waals surface area (Å²) < 4.78 is 52.3. The Morgan fingerprint density at radius 1 is 1.24 bits per heavy atom. The summed E-state index contributed by atoms with van der Waals surface area (Å²) >= 11 is 0. The van der Waals surface area contributed by atoms with Gasteiger partial charge in [-0.25, -0.2) is 17.6 Å². The van der Waals surface area contributed by atoms with Crippen molar-refractivity contribution in [3.05, 3.63) is 29.3 Å². The molecule has 0 radical (unpaired) electrons. The molecule has 1 N–H and O–H groups in total. The third kappa shape index (κ3) is 2.87. The van der Waals surface area contributed by atoms with Crippen LogP contribution in [0.4, 0.5) is 23.2 Å². The molecule has 1 atom stereocenters. The van der Waals surface area contributed by atoms with E-state index < -0.39 is 35.0 Å². The zero-order valence-corrected chi connectivity index (χ0v) is 9.03. The molecule has 2 nitrogen and oxygen atoms in total. The molecule has 92 valence electrons. The lowest BCUT2D eigenvalue weighted by Gasteiger charge is -2.16. The van der Waals surface area contributed by atoms with Gasteiger partial charge < -0.3 is 5.32 Å². The van der Waals surface area contributed by atoms with Gasteiger partial charge in [0.2, 0.25) is 0 Å². The van der Waals surface area contributed by atoms with Crippen LogP contribution in [0.2, 0.25) is 0 Å². The van der Waals surface area contributed by atoms with E-state index in [4.69, 9.17) is 5.26 Å². The van der Waals surface area contributed by atoms with Gasteiger partial charge in [-0.15, -0.1) is 0 Å². The van der Waals surface area contributed by atoms with E-state index in [9.17, 15) is 17.6 Å². The minimum atomic E-state index is -1.49. The minimum Gasteiger partial charge on any atom is -0.376 e. The van der Waals surface area contributed by atoms with Crippen molar-refractivity contribution in [2.24, 2.45) is 0 Å². The van der Waals surface area contributed by atoms with E-state index in [2.05, 4.69) is 5.32 Å². The summed E-state index contributed by atoms with van der Waals surface area (Å²) in [4.78, 5) is 0. The van der Waals surface area contributed by atoms with Crippen LogP contribution in [0.25, 0.3) is 0 Å². The lowest BCUT2D eigenvalue weighted by molar-refractivity contribution is 0.456. The second-order valence-corrected chi connectivity index (χ2v) is 3.45. The molecule has 0 fully saturated rings. The molecule has 1 aromatic carbocycles. The number of hydrogen-bond donors (Lipinski definition) is 1. The van der Waals surface area contributed by atoms with E-state index in [1.54, 1.807) is 6.92 Å². The number of hydrogen-bond acceptors (Lipinski definition) is 2. The van der Waals surface area contributed by atoms with Gasteiger partial charge in [-0.2, -0.15) is 5.26 Å². The molecule has 0 spiro atoms. The molecule has 1 aromatic rings. The summed E-state index contributed by atoms with van der Waals surface area (Å²) in [7, 11) is 0. The molecule has 17 heavy (non-hydrogen) atoms. The zero-order valence-electron chi connectivity index (χ0n) is 9.03. The Kier molecular flexibility index (Phi) is 4.32. The molecule has 0 aliphatic heterocycles. The van der Waals surface area contributed by atoms with Crippen molar-refractivity contribution >= 4 is 5.69 Å². The highest BCUT2D eigenvalue weighted by Gasteiger charge is 2.20. The summed E-state index contributed by atoms with van der Waals surface area (Å²) in [6, 6.07) is 1.39. The molecule has 0 aliphatic rings. The summed E-state index contributed by atoms with van der Waals surface area (Å²) in [5.41, 5.74) is -0.871. The van der Waals surface area contributed by atoms with Gasteiger partial charge in [-0.1, -0.05) is 6.92 Å². The Labute approximate surface area is 95.9 Å². The van der Waals surface area contributed by atoms with Gasteiger partial charge in [0.25, 0.3) is 0 Å². The van der Waals surface area contributed by atoms with Crippen molar-refractivity contribution in [2.45, 2.75) is 25.8 Å². The number of halogens is 4. The summed E-state index contributed by atoms with van der Waals surface area (Å²) in [5.74, 6) is -5.92. The zero-order chi connectivity index (χ0) is 13.0. The predicted molar refractivity (Wildman–Crippen MR) is 54.2 cm³/mol. The van der Waals surface area contributed by atoms with Gasteiger partial charge in [-0.05, 0) is 6.42 Å². The standard InChI is InChI=1S/C11H10F4N2/c1-2-6(3-4-16)17-11-9(14)7(12)5-8(13)10(11)15/h5-6,17H,2-3H2,1H3. The van der Waals surface area contributed by atoms with E-state index in [1.807, 2.05) is 6.07 Å². The van der Waals surface area contributed by atoms with E-state index in [0.29, 0.717) is 6.42 Å². The highest BCUT2D eigenvalue weighted by Crippen LogP contribution is 2.25. The fourth-order valence-electron chi connectivity index (χ4n) is 1.31. The Morgan fingerprint density at radius 3 is 2.18 bits per heavy atom. The van der Waals surface area contributed by atoms with Crippen molar-refractivity contribution in [3.63, 3.8) is 0 Å². The van der Waals surface area contributed by atoms with E-state index in [0.717, 1.165) is 0 Å². The second kappa shape index (κ2) is 5.53. The lowest BCUT2D eigenvalue weighted by Crippen LogP contribution is -2.20. The van der Waals surface area contributed by atoms with Crippen LogP contribution in [-0.2, 0) is 0 Å². The summed E-state index contributed by atoms with van der Waals surface area (Å²) in [6.45, 7) is 1.68. The number of nitrogens with one attached hydrogen (secondary N) is 1. The van der Waals surface area contributed by atoms with Gasteiger partial charge >= 0.3 is 0 Å². The molecule has 0 aromatic heterocycles. The molecule has 1 rings (SSSR count). The van der Waals surface area contributed by atoms with Gasteiger partial charge in [0.05, 0.1) is 12.5 Å². The topological polar surface area (TPSA) is 35.8 Å². The lowest BCUT2D eigenvalue weighted by atomic mass is 10.1. The smallest absolute Gasteiger partial charge is 0.185 e. The van der Waals surface area contributed by atoms with Crippen LogP contribution in [0.15, 0.2) is 6.07 Å². The van der Waals surface area contributed by atoms with Crippen molar-refractivity contribution in [1.29, 1.82) is 5.26 Å². The van der Waals surface area contributed by atoms with Gasteiger partial charge in [0, 0.05) is 12.1 Å². The molecule has 0 bridgehead atoms. The minimum absolute atomic E-state index is 0.0203. The first-order chi connectivity index (χ1) is 8.01. The van der Waals surface area contributed by atoms with Crippen molar-refractivity contribution in [3.8, 4) is 6.07 Å². The number of anilines is 1. The normalized spacial score (nSPS) is 12.0. The largest absolute Gasteiger partial charge is 0.376 e. The molecule has 1 unspecified atom stereocenters. The highest BCUT2D eigenvalue weighted by molar-refractivity contribution is 5.48. The monoisotopic (exact) mass is 246 g/mol. The first-order valence-electron chi connectivity index (χ1n) is 4.97. The SMILES string of the molecule is CCC(CC#N)Nc1c(F)c(F)cc(F)c1F. The third-order valence-corrected chi connectivity index (χ3v) is 2.29. The quantitative estimate of drug-likeness (QED) is 0.653. The molecule has 0 saturated carbocycles. The molecule has 0 heterocycles. The van der Waals surface area contributed by atoms with Crippen LogP contribution in [0, 0.1) is 34.6 Å². The Morgan fingerprint density at radius 2 is 1.76 bits per heavy atom. The molecular formula is C11H10F4N2. The van der Waals surface area contributed by atoms with Crippen molar-refractivity contribution in [2.75, 3.05) is 5.32 Å². The number of benzene rings is 1. The molecule has 0 aliphatic carbocycles. The van der Waals surface area contributed by atoms with Gasteiger partial charge in [0.15, 0.2) is 23.3 Å². The van der Waals surface area contributed by atoms with Gasteiger partial charge in [-0.3, -0.25) is 0 Å². The van der Waals surface area contributed by atoms with E-state index in [1.165, 1.54) is 0 Å². The van der Waals surface area contributed by atoms with Crippen LogP contribution >= 0.6 is 0 Å². The van der Waals surface area contributed by atoms with Crippen LogP contribution in [0.5, 0.6) is 0 Å². The Bertz CT molecular complexity index is 428. The fourth-order valence-corrected chi connectivity index (χ4v) is 1.31. The number of rotatable bonds is 4.